The van der Waals surface area contributed by atoms with Crippen molar-refractivity contribution in [1.29, 1.82) is 0 Å². The minimum Gasteiger partial charge on any atom is -0.350 e. The Labute approximate surface area is 203 Å². The number of carbonyl (C=O) groups excluding carboxylic acids is 1. The summed E-state index contributed by atoms with van der Waals surface area (Å²) in [5.74, 6) is -1.39. The molecule has 4 heterocycles. The summed E-state index contributed by atoms with van der Waals surface area (Å²) < 4.78 is 42.1. The molecule has 186 valence electrons. The molecule has 0 radical (unpaired) electrons. The van der Waals surface area contributed by atoms with Gasteiger partial charge < -0.3 is 15.5 Å². The molecule has 2 N–H and O–H groups in total. The fourth-order valence-corrected chi connectivity index (χ4v) is 5.72. The van der Waals surface area contributed by atoms with Crippen LogP contribution in [0.4, 0.5) is 18.3 Å². The summed E-state index contributed by atoms with van der Waals surface area (Å²) in [5.41, 5.74) is 0.0701. The lowest BCUT2D eigenvalue weighted by Gasteiger charge is -2.23. The van der Waals surface area contributed by atoms with Gasteiger partial charge in [-0.05, 0) is 37.8 Å². The zero-order valence-electron chi connectivity index (χ0n) is 18.8. The molecule has 1 aromatic carbocycles. The summed E-state index contributed by atoms with van der Waals surface area (Å²) in [5, 5.41) is 6.39. The number of carbonyl (C=O) groups is 1. The number of hydrogen-bond donors (Lipinski definition) is 2. The van der Waals surface area contributed by atoms with Crippen LogP contribution in [-0.2, 0) is 24.1 Å². The van der Waals surface area contributed by atoms with E-state index in [-0.39, 0.29) is 28.8 Å². The molecule has 2 fully saturated rings. The molecule has 0 spiro atoms. The zero-order valence-corrected chi connectivity index (χ0v) is 19.7. The molecule has 2 aliphatic rings. The largest absolute Gasteiger partial charge is 0.449 e. The van der Waals surface area contributed by atoms with Crippen molar-refractivity contribution in [3.8, 4) is 0 Å². The van der Waals surface area contributed by atoms with E-state index < -0.39 is 23.6 Å². The molecule has 0 bridgehead atoms. The Kier molecular flexibility index (Phi) is 6.49. The third-order valence-corrected chi connectivity index (χ3v) is 7.42. The van der Waals surface area contributed by atoms with Crippen molar-refractivity contribution in [3.05, 3.63) is 52.1 Å². The van der Waals surface area contributed by atoms with Crippen LogP contribution >= 0.6 is 11.3 Å². The number of nitrogens with zero attached hydrogens (tertiary/aromatic N) is 4. The van der Waals surface area contributed by atoms with Crippen molar-refractivity contribution in [2.75, 3.05) is 18.0 Å². The average molecular weight is 507 g/mol. The Morgan fingerprint density at radius 3 is 2.69 bits per heavy atom. The second-order valence-corrected chi connectivity index (χ2v) is 9.80. The molecule has 3 aromatic rings. The fraction of sp³-hybridized carbons (Fsp3) is 0.478. The normalized spacial score (nSPS) is 20.6. The van der Waals surface area contributed by atoms with E-state index in [1.54, 1.807) is 4.90 Å². The topological polar surface area (TPSA) is 92.2 Å². The number of aromatic nitrogens is 3. The molecule has 35 heavy (non-hydrogen) atoms. The molecule has 2 aliphatic heterocycles. The highest BCUT2D eigenvalue weighted by molar-refractivity contribution is 7.21. The molecule has 0 aliphatic carbocycles. The lowest BCUT2D eigenvalue weighted by atomic mass is 10.2. The first-order valence-electron chi connectivity index (χ1n) is 11.6. The fourth-order valence-electron chi connectivity index (χ4n) is 4.71. The number of thiazole rings is 1. The average Bonchev–Trinajstić information content (AvgIpc) is 3.59. The molecule has 2 saturated heterocycles. The standard InChI is InChI=1S/C23H25F3N6O2S/c24-23(25,26)21-30-19-17(20(34)32(21)13-15-8-4-10-27-15)29-22(35-19)31-11-5-9-16(31)18(33)28-12-14-6-2-1-3-7-14/h1-3,6-7,15-16,27H,4-5,8-13H2,(H,28,33)/t15-,16+/m0/s1. The minimum absolute atomic E-state index is 0.0664. The van der Waals surface area contributed by atoms with Gasteiger partial charge in [0.15, 0.2) is 15.5 Å². The lowest BCUT2D eigenvalue weighted by Crippen LogP contribution is -2.43. The third kappa shape index (κ3) is 4.90. The van der Waals surface area contributed by atoms with Crippen molar-refractivity contribution in [2.24, 2.45) is 0 Å². The Morgan fingerprint density at radius 2 is 1.97 bits per heavy atom. The second kappa shape index (κ2) is 9.57. The predicted octanol–water partition coefficient (Wildman–Crippen LogP) is 2.91. The van der Waals surface area contributed by atoms with E-state index in [9.17, 15) is 22.8 Å². The second-order valence-electron chi connectivity index (χ2n) is 8.85. The Bertz CT molecular complexity index is 1270. The van der Waals surface area contributed by atoms with Crippen molar-refractivity contribution >= 4 is 32.7 Å². The summed E-state index contributed by atoms with van der Waals surface area (Å²) in [6, 6.07) is 8.78. The number of alkyl halides is 3. The van der Waals surface area contributed by atoms with Gasteiger partial charge in [-0.3, -0.25) is 14.2 Å². The molecular formula is C23H25F3N6O2S. The Balaban J connectivity index is 1.43. The van der Waals surface area contributed by atoms with Crippen LogP contribution in [0.3, 0.4) is 0 Å². The number of rotatable bonds is 6. The molecule has 0 unspecified atom stereocenters. The number of benzene rings is 1. The van der Waals surface area contributed by atoms with Crippen molar-refractivity contribution in [2.45, 2.75) is 57.0 Å². The number of fused-ring (bicyclic) bond motifs is 1. The maximum Gasteiger partial charge on any atom is 0.449 e. The molecule has 1 amide bonds. The highest BCUT2D eigenvalue weighted by Crippen LogP contribution is 2.34. The third-order valence-electron chi connectivity index (χ3n) is 6.44. The van der Waals surface area contributed by atoms with Crippen LogP contribution in [0.5, 0.6) is 0 Å². The first-order chi connectivity index (χ1) is 16.8. The lowest BCUT2D eigenvalue weighted by molar-refractivity contribution is -0.148. The summed E-state index contributed by atoms with van der Waals surface area (Å²) in [7, 11) is 0. The highest BCUT2D eigenvalue weighted by atomic mass is 32.1. The van der Waals surface area contributed by atoms with Crippen LogP contribution in [0.1, 0.15) is 37.1 Å². The van der Waals surface area contributed by atoms with E-state index in [1.165, 1.54) is 0 Å². The monoisotopic (exact) mass is 506 g/mol. The van der Waals surface area contributed by atoms with Gasteiger partial charge in [-0.2, -0.15) is 13.2 Å². The van der Waals surface area contributed by atoms with Crippen LogP contribution < -0.4 is 21.1 Å². The molecule has 8 nitrogen and oxygen atoms in total. The molecule has 2 atom stereocenters. The maximum absolute atomic E-state index is 13.8. The molecule has 12 heteroatoms. The molecule has 0 saturated carbocycles. The van der Waals surface area contributed by atoms with Gasteiger partial charge >= 0.3 is 6.18 Å². The van der Waals surface area contributed by atoms with Crippen molar-refractivity contribution in [1.82, 2.24) is 25.2 Å². The van der Waals surface area contributed by atoms with E-state index in [4.69, 9.17) is 0 Å². The quantitative estimate of drug-likeness (QED) is 0.534. The van der Waals surface area contributed by atoms with Crippen molar-refractivity contribution in [3.63, 3.8) is 0 Å². The number of halogens is 3. The molecular weight excluding hydrogens is 481 g/mol. The number of anilines is 1. The van der Waals surface area contributed by atoms with E-state index in [2.05, 4.69) is 20.6 Å². The van der Waals surface area contributed by atoms with Crippen molar-refractivity contribution < 1.29 is 18.0 Å². The number of amides is 1. The van der Waals surface area contributed by atoms with Crippen LogP contribution in [0.25, 0.3) is 10.3 Å². The van der Waals surface area contributed by atoms with Gasteiger partial charge in [-0.1, -0.05) is 41.7 Å². The van der Waals surface area contributed by atoms with E-state index in [0.717, 1.165) is 29.7 Å². The number of hydrogen-bond acceptors (Lipinski definition) is 7. The SMILES string of the molecule is O=C(NCc1ccccc1)[C@H]1CCCN1c1nc2c(=O)n(C[C@@H]3CCCN3)c(C(F)(F)F)nc2s1. The van der Waals surface area contributed by atoms with Gasteiger partial charge in [0, 0.05) is 25.7 Å². The first kappa shape index (κ1) is 23.7. The van der Waals surface area contributed by atoms with E-state index >= 15 is 0 Å². The first-order valence-corrected chi connectivity index (χ1v) is 12.4. The zero-order chi connectivity index (χ0) is 24.6. The smallest absolute Gasteiger partial charge is 0.350 e. The van der Waals surface area contributed by atoms with E-state index in [1.807, 2.05) is 30.3 Å². The van der Waals surface area contributed by atoms with Gasteiger partial charge in [0.05, 0.1) is 0 Å². The van der Waals surface area contributed by atoms with Crippen LogP contribution in [0, 0.1) is 0 Å². The summed E-state index contributed by atoms with van der Waals surface area (Å²) >= 11 is 0.921. The van der Waals surface area contributed by atoms with Gasteiger partial charge in [0.1, 0.15) is 6.04 Å². The minimum atomic E-state index is -4.77. The highest BCUT2D eigenvalue weighted by Gasteiger charge is 2.39. The maximum atomic E-state index is 13.8. The summed E-state index contributed by atoms with van der Waals surface area (Å²) in [6.07, 6.45) is -1.91. The van der Waals surface area contributed by atoms with Gasteiger partial charge in [-0.25, -0.2) is 9.97 Å². The summed E-state index contributed by atoms with van der Waals surface area (Å²) in [6.45, 7) is 1.49. The molecule has 5 rings (SSSR count). The molecule has 2 aromatic heterocycles. The predicted molar refractivity (Wildman–Crippen MR) is 126 cm³/mol. The van der Waals surface area contributed by atoms with Gasteiger partial charge in [0.25, 0.3) is 5.56 Å². The van der Waals surface area contributed by atoms with E-state index in [0.29, 0.717) is 42.2 Å². The van der Waals surface area contributed by atoms with Gasteiger partial charge in [0.2, 0.25) is 11.7 Å². The Hall–Kier alpha value is -2.99. The Morgan fingerprint density at radius 1 is 1.17 bits per heavy atom. The number of nitrogens with one attached hydrogen (secondary N) is 2. The van der Waals surface area contributed by atoms with Crippen LogP contribution in [0.2, 0.25) is 0 Å². The summed E-state index contributed by atoms with van der Waals surface area (Å²) in [4.78, 5) is 35.9. The van der Waals surface area contributed by atoms with Crippen LogP contribution in [-0.4, -0.2) is 45.6 Å². The van der Waals surface area contributed by atoms with Gasteiger partial charge in [-0.15, -0.1) is 0 Å². The van der Waals surface area contributed by atoms with Crippen LogP contribution in [0.15, 0.2) is 35.1 Å².